The molecule has 102 valence electrons. The Hall–Kier alpha value is -1.66. The summed E-state index contributed by atoms with van der Waals surface area (Å²) in [6.45, 7) is 3.79. The SMILES string of the molecule is CC(C)(N)c1cncn1-c1ccc(S(C)(=O)=O)cc1. The van der Waals surface area contributed by atoms with E-state index in [1.165, 1.54) is 6.26 Å². The van der Waals surface area contributed by atoms with Gasteiger partial charge in [0, 0.05) is 11.9 Å². The third-order valence-corrected chi connectivity index (χ3v) is 3.97. The number of hydrogen-bond acceptors (Lipinski definition) is 4. The van der Waals surface area contributed by atoms with Gasteiger partial charge >= 0.3 is 0 Å². The van der Waals surface area contributed by atoms with Gasteiger partial charge in [-0.05, 0) is 38.1 Å². The van der Waals surface area contributed by atoms with Crippen molar-refractivity contribution in [3.63, 3.8) is 0 Å². The molecule has 1 heterocycles. The Morgan fingerprint density at radius 1 is 1.21 bits per heavy atom. The number of aromatic nitrogens is 2. The van der Waals surface area contributed by atoms with Gasteiger partial charge in [-0.2, -0.15) is 0 Å². The zero-order chi connectivity index (χ0) is 14.3. The van der Waals surface area contributed by atoms with E-state index in [0.717, 1.165) is 11.4 Å². The quantitative estimate of drug-likeness (QED) is 0.923. The molecule has 6 heteroatoms. The Balaban J connectivity index is 2.47. The van der Waals surface area contributed by atoms with Crippen molar-refractivity contribution in [1.82, 2.24) is 9.55 Å². The molecule has 0 radical (unpaired) electrons. The fourth-order valence-corrected chi connectivity index (χ4v) is 2.46. The Kier molecular flexibility index (Phi) is 3.24. The summed E-state index contributed by atoms with van der Waals surface area (Å²) < 4.78 is 24.7. The summed E-state index contributed by atoms with van der Waals surface area (Å²) in [5, 5.41) is 0. The summed E-state index contributed by atoms with van der Waals surface area (Å²) in [6.07, 6.45) is 4.57. The highest BCUT2D eigenvalue weighted by Gasteiger charge is 2.19. The van der Waals surface area contributed by atoms with Crippen LogP contribution in [0.5, 0.6) is 0 Å². The summed E-state index contributed by atoms with van der Waals surface area (Å²) in [6, 6.07) is 6.65. The molecular formula is C13H17N3O2S. The first-order valence-electron chi connectivity index (χ1n) is 5.82. The highest BCUT2D eigenvalue weighted by atomic mass is 32.2. The predicted octanol–water partition coefficient (Wildman–Crippen LogP) is 1.47. The molecule has 0 saturated heterocycles. The Labute approximate surface area is 113 Å². The van der Waals surface area contributed by atoms with Crippen LogP contribution in [0.1, 0.15) is 19.5 Å². The second-order valence-corrected chi connectivity index (χ2v) is 7.15. The van der Waals surface area contributed by atoms with Gasteiger partial charge in [-0.25, -0.2) is 13.4 Å². The molecule has 0 aliphatic rings. The summed E-state index contributed by atoms with van der Waals surface area (Å²) >= 11 is 0. The molecule has 0 aliphatic carbocycles. The lowest BCUT2D eigenvalue weighted by Gasteiger charge is -2.20. The number of nitrogens with two attached hydrogens (primary N) is 1. The number of nitrogens with zero attached hydrogens (tertiary/aromatic N) is 2. The molecule has 0 amide bonds. The fourth-order valence-electron chi connectivity index (χ4n) is 1.83. The molecule has 2 aromatic rings. The maximum atomic E-state index is 11.4. The first-order chi connectivity index (χ1) is 8.69. The molecule has 1 aromatic carbocycles. The van der Waals surface area contributed by atoms with Gasteiger partial charge in [-0.15, -0.1) is 0 Å². The summed E-state index contributed by atoms with van der Waals surface area (Å²) in [5.41, 5.74) is 7.25. The monoisotopic (exact) mass is 279 g/mol. The Morgan fingerprint density at radius 2 is 1.79 bits per heavy atom. The van der Waals surface area contributed by atoms with Gasteiger partial charge in [0.25, 0.3) is 0 Å². The summed E-state index contributed by atoms with van der Waals surface area (Å²) in [5.74, 6) is 0. The first-order valence-corrected chi connectivity index (χ1v) is 7.71. The van der Waals surface area contributed by atoms with Crippen LogP contribution in [0.2, 0.25) is 0 Å². The van der Waals surface area contributed by atoms with Crippen molar-refractivity contribution in [2.24, 2.45) is 5.73 Å². The van der Waals surface area contributed by atoms with Crippen LogP contribution in [-0.4, -0.2) is 24.2 Å². The van der Waals surface area contributed by atoms with E-state index in [1.54, 1.807) is 36.8 Å². The van der Waals surface area contributed by atoms with Crippen LogP contribution in [0.15, 0.2) is 41.7 Å². The zero-order valence-electron chi connectivity index (χ0n) is 11.2. The van der Waals surface area contributed by atoms with Crippen LogP contribution in [-0.2, 0) is 15.4 Å². The Bertz CT molecular complexity index is 679. The number of hydrogen-bond donors (Lipinski definition) is 1. The van der Waals surface area contributed by atoms with Gasteiger partial charge in [0.1, 0.15) is 0 Å². The molecule has 0 bridgehead atoms. The van der Waals surface area contributed by atoms with Crippen molar-refractivity contribution in [1.29, 1.82) is 0 Å². The average Bonchev–Trinajstić information content (AvgIpc) is 2.76. The molecule has 1 aromatic heterocycles. The van der Waals surface area contributed by atoms with Gasteiger partial charge < -0.3 is 10.3 Å². The zero-order valence-corrected chi connectivity index (χ0v) is 12.0. The largest absolute Gasteiger partial charge is 0.321 e. The molecule has 0 fully saturated rings. The van der Waals surface area contributed by atoms with E-state index in [2.05, 4.69) is 4.98 Å². The molecule has 2 rings (SSSR count). The van der Waals surface area contributed by atoms with Crippen molar-refractivity contribution in [2.45, 2.75) is 24.3 Å². The number of rotatable bonds is 3. The second kappa shape index (κ2) is 4.47. The fraction of sp³-hybridized carbons (Fsp3) is 0.308. The predicted molar refractivity (Wildman–Crippen MR) is 73.9 cm³/mol. The summed E-state index contributed by atoms with van der Waals surface area (Å²) in [4.78, 5) is 4.40. The van der Waals surface area contributed by atoms with Crippen LogP contribution < -0.4 is 5.73 Å². The van der Waals surface area contributed by atoms with Crippen molar-refractivity contribution >= 4 is 9.84 Å². The van der Waals surface area contributed by atoms with E-state index in [1.807, 2.05) is 18.4 Å². The highest BCUT2D eigenvalue weighted by Crippen LogP contribution is 2.21. The van der Waals surface area contributed by atoms with Crippen LogP contribution in [0.3, 0.4) is 0 Å². The summed E-state index contributed by atoms with van der Waals surface area (Å²) in [7, 11) is -3.18. The van der Waals surface area contributed by atoms with E-state index in [4.69, 9.17) is 5.73 Å². The topological polar surface area (TPSA) is 78.0 Å². The third kappa shape index (κ3) is 2.85. The van der Waals surface area contributed by atoms with Crippen LogP contribution in [0.4, 0.5) is 0 Å². The van der Waals surface area contributed by atoms with Crippen molar-refractivity contribution in [3.8, 4) is 5.69 Å². The Morgan fingerprint density at radius 3 is 2.26 bits per heavy atom. The van der Waals surface area contributed by atoms with Crippen LogP contribution in [0, 0.1) is 0 Å². The van der Waals surface area contributed by atoms with E-state index >= 15 is 0 Å². The molecule has 5 nitrogen and oxygen atoms in total. The lowest BCUT2D eigenvalue weighted by atomic mass is 10.0. The molecule has 0 saturated carbocycles. The molecular weight excluding hydrogens is 262 g/mol. The second-order valence-electron chi connectivity index (χ2n) is 5.14. The standard InChI is InChI=1S/C13H17N3O2S/c1-13(2,14)12-8-15-9-16(12)10-4-6-11(7-5-10)19(3,17)18/h4-9H,14H2,1-3H3. The van der Waals surface area contributed by atoms with Crippen molar-refractivity contribution in [2.75, 3.05) is 6.26 Å². The minimum Gasteiger partial charge on any atom is -0.321 e. The number of benzene rings is 1. The van der Waals surface area contributed by atoms with Crippen LogP contribution >= 0.6 is 0 Å². The van der Waals surface area contributed by atoms with Gasteiger partial charge in [0.2, 0.25) is 0 Å². The number of sulfone groups is 1. The van der Waals surface area contributed by atoms with E-state index in [9.17, 15) is 8.42 Å². The highest BCUT2D eigenvalue weighted by molar-refractivity contribution is 7.90. The minimum absolute atomic E-state index is 0.296. The van der Waals surface area contributed by atoms with E-state index in [0.29, 0.717) is 4.90 Å². The van der Waals surface area contributed by atoms with E-state index < -0.39 is 15.4 Å². The van der Waals surface area contributed by atoms with Gasteiger partial charge in [-0.3, -0.25) is 0 Å². The van der Waals surface area contributed by atoms with Gasteiger partial charge in [-0.1, -0.05) is 0 Å². The van der Waals surface area contributed by atoms with Gasteiger partial charge in [0.05, 0.1) is 28.7 Å². The molecule has 19 heavy (non-hydrogen) atoms. The lowest BCUT2D eigenvalue weighted by molar-refractivity contribution is 0.524. The van der Waals surface area contributed by atoms with E-state index in [-0.39, 0.29) is 0 Å². The molecule has 0 unspecified atom stereocenters. The molecule has 0 spiro atoms. The maximum absolute atomic E-state index is 11.4. The molecule has 0 atom stereocenters. The normalized spacial score (nSPS) is 12.6. The smallest absolute Gasteiger partial charge is 0.175 e. The molecule has 2 N–H and O–H groups in total. The van der Waals surface area contributed by atoms with Crippen molar-refractivity contribution < 1.29 is 8.42 Å². The maximum Gasteiger partial charge on any atom is 0.175 e. The lowest BCUT2D eigenvalue weighted by Crippen LogP contribution is -2.31. The number of imidazole rings is 1. The van der Waals surface area contributed by atoms with Gasteiger partial charge in [0.15, 0.2) is 9.84 Å². The third-order valence-electron chi connectivity index (χ3n) is 2.84. The average molecular weight is 279 g/mol. The van der Waals surface area contributed by atoms with Crippen molar-refractivity contribution in [3.05, 3.63) is 42.5 Å². The first kappa shape index (κ1) is 13.8. The molecule has 0 aliphatic heterocycles. The minimum atomic E-state index is -3.18. The van der Waals surface area contributed by atoms with Crippen LogP contribution in [0.25, 0.3) is 5.69 Å².